The summed E-state index contributed by atoms with van der Waals surface area (Å²) in [5.41, 5.74) is 2.79. The van der Waals surface area contributed by atoms with Crippen LogP contribution >= 0.6 is 15.9 Å². The molecule has 0 aliphatic rings. The minimum Gasteiger partial charge on any atom is -0.308 e. The third-order valence-corrected chi connectivity index (χ3v) is 3.25. The molecule has 0 unspecified atom stereocenters. The summed E-state index contributed by atoms with van der Waals surface area (Å²) in [6.07, 6.45) is 1.97. The molecule has 0 amide bonds. The Morgan fingerprint density at radius 2 is 2.06 bits per heavy atom. The maximum Gasteiger partial charge on any atom is 0.127 e. The summed E-state index contributed by atoms with van der Waals surface area (Å²) in [4.78, 5) is 0. The SMILES string of the molecule is Cc1nn(C)cc1CNCc1cc(Br)ccc1F. The fraction of sp³-hybridized carbons (Fsp3) is 0.308. The molecule has 5 heteroatoms. The van der Waals surface area contributed by atoms with E-state index in [1.165, 1.54) is 6.07 Å². The van der Waals surface area contributed by atoms with Crippen LogP contribution in [0.15, 0.2) is 28.9 Å². The van der Waals surface area contributed by atoms with E-state index in [1.807, 2.05) is 20.2 Å². The van der Waals surface area contributed by atoms with Crippen LogP contribution in [0, 0.1) is 12.7 Å². The van der Waals surface area contributed by atoms with Gasteiger partial charge in [0.15, 0.2) is 0 Å². The molecule has 96 valence electrons. The lowest BCUT2D eigenvalue weighted by Gasteiger charge is -2.06. The van der Waals surface area contributed by atoms with E-state index in [0.717, 1.165) is 15.7 Å². The van der Waals surface area contributed by atoms with Crippen molar-refractivity contribution in [2.75, 3.05) is 0 Å². The number of hydrogen-bond donors (Lipinski definition) is 1. The zero-order valence-electron chi connectivity index (χ0n) is 10.4. The Kier molecular flexibility index (Phi) is 4.14. The molecule has 2 aromatic rings. The molecule has 18 heavy (non-hydrogen) atoms. The first-order chi connectivity index (χ1) is 8.56. The fourth-order valence-electron chi connectivity index (χ4n) is 1.83. The summed E-state index contributed by atoms with van der Waals surface area (Å²) in [5, 5.41) is 7.49. The van der Waals surface area contributed by atoms with Gasteiger partial charge in [-0.3, -0.25) is 4.68 Å². The lowest BCUT2D eigenvalue weighted by molar-refractivity contribution is 0.587. The summed E-state index contributed by atoms with van der Waals surface area (Å²) in [6.45, 7) is 3.15. The van der Waals surface area contributed by atoms with Crippen LogP contribution in [-0.4, -0.2) is 9.78 Å². The van der Waals surface area contributed by atoms with Crippen molar-refractivity contribution in [3.8, 4) is 0 Å². The number of hydrogen-bond acceptors (Lipinski definition) is 2. The minimum atomic E-state index is -0.186. The Bertz CT molecular complexity index is 551. The van der Waals surface area contributed by atoms with Crippen LogP contribution in [0.5, 0.6) is 0 Å². The third-order valence-electron chi connectivity index (χ3n) is 2.75. The highest BCUT2D eigenvalue weighted by Gasteiger charge is 2.05. The molecule has 1 N–H and O–H groups in total. The Labute approximate surface area is 114 Å². The maximum atomic E-state index is 13.5. The van der Waals surface area contributed by atoms with Crippen LogP contribution in [0.3, 0.4) is 0 Å². The van der Waals surface area contributed by atoms with Crippen molar-refractivity contribution in [2.24, 2.45) is 7.05 Å². The second kappa shape index (κ2) is 5.63. The van der Waals surface area contributed by atoms with E-state index in [0.29, 0.717) is 18.7 Å². The van der Waals surface area contributed by atoms with E-state index in [2.05, 4.69) is 26.3 Å². The molecule has 2 rings (SSSR count). The van der Waals surface area contributed by atoms with Gasteiger partial charge in [0.2, 0.25) is 0 Å². The van der Waals surface area contributed by atoms with Crippen molar-refractivity contribution >= 4 is 15.9 Å². The summed E-state index contributed by atoms with van der Waals surface area (Å²) in [6, 6.07) is 4.96. The van der Waals surface area contributed by atoms with Crippen LogP contribution < -0.4 is 5.32 Å². The van der Waals surface area contributed by atoms with Gasteiger partial charge in [0.05, 0.1) is 5.69 Å². The molecule has 0 spiro atoms. The van der Waals surface area contributed by atoms with Crippen molar-refractivity contribution in [1.29, 1.82) is 0 Å². The summed E-state index contributed by atoms with van der Waals surface area (Å²) in [5.74, 6) is -0.186. The number of nitrogens with one attached hydrogen (secondary N) is 1. The van der Waals surface area contributed by atoms with Gasteiger partial charge >= 0.3 is 0 Å². The van der Waals surface area contributed by atoms with Gasteiger partial charge in [-0.25, -0.2) is 4.39 Å². The lowest BCUT2D eigenvalue weighted by Crippen LogP contribution is -2.14. The number of rotatable bonds is 4. The molecule has 0 saturated heterocycles. The molecular weight excluding hydrogens is 297 g/mol. The largest absolute Gasteiger partial charge is 0.308 e. The van der Waals surface area contributed by atoms with Gasteiger partial charge in [0.1, 0.15) is 5.82 Å². The van der Waals surface area contributed by atoms with Crippen molar-refractivity contribution in [2.45, 2.75) is 20.0 Å². The molecule has 0 saturated carbocycles. The fourth-order valence-corrected chi connectivity index (χ4v) is 2.24. The average Bonchev–Trinajstić information content (AvgIpc) is 2.62. The van der Waals surface area contributed by atoms with Gasteiger partial charge in [0, 0.05) is 41.9 Å². The summed E-state index contributed by atoms with van der Waals surface area (Å²) in [7, 11) is 1.89. The first-order valence-corrected chi connectivity index (χ1v) is 6.49. The standard InChI is InChI=1S/C13H15BrFN3/c1-9-11(8-18(2)17-9)7-16-6-10-5-12(14)3-4-13(10)15/h3-5,8,16H,6-7H2,1-2H3. The minimum absolute atomic E-state index is 0.186. The van der Waals surface area contributed by atoms with Crippen LogP contribution in [0.2, 0.25) is 0 Å². The molecule has 3 nitrogen and oxygen atoms in total. The molecule has 0 atom stereocenters. The quantitative estimate of drug-likeness (QED) is 0.941. The number of aryl methyl sites for hydroxylation is 2. The molecule has 0 aliphatic heterocycles. The van der Waals surface area contributed by atoms with E-state index < -0.39 is 0 Å². The average molecular weight is 312 g/mol. The molecular formula is C13H15BrFN3. The normalized spacial score (nSPS) is 10.9. The van der Waals surface area contributed by atoms with Gasteiger partial charge in [-0.05, 0) is 25.1 Å². The van der Waals surface area contributed by atoms with Crippen LogP contribution in [0.4, 0.5) is 4.39 Å². The molecule has 0 radical (unpaired) electrons. The monoisotopic (exact) mass is 311 g/mol. The van der Waals surface area contributed by atoms with E-state index in [-0.39, 0.29) is 5.82 Å². The maximum absolute atomic E-state index is 13.5. The number of halogens is 2. The second-order valence-electron chi connectivity index (χ2n) is 4.25. The van der Waals surface area contributed by atoms with Crippen molar-refractivity contribution in [1.82, 2.24) is 15.1 Å². The highest BCUT2D eigenvalue weighted by molar-refractivity contribution is 9.10. The van der Waals surface area contributed by atoms with E-state index >= 15 is 0 Å². The molecule has 1 heterocycles. The molecule has 1 aromatic carbocycles. The topological polar surface area (TPSA) is 29.9 Å². The third kappa shape index (κ3) is 3.17. The van der Waals surface area contributed by atoms with Gasteiger partial charge in [-0.2, -0.15) is 5.10 Å². The van der Waals surface area contributed by atoms with Gasteiger partial charge in [-0.1, -0.05) is 15.9 Å². The zero-order chi connectivity index (χ0) is 13.1. The first kappa shape index (κ1) is 13.2. The van der Waals surface area contributed by atoms with Crippen LogP contribution in [0.1, 0.15) is 16.8 Å². The smallest absolute Gasteiger partial charge is 0.127 e. The van der Waals surface area contributed by atoms with E-state index in [9.17, 15) is 4.39 Å². The molecule has 0 bridgehead atoms. The Balaban J connectivity index is 1.96. The first-order valence-electron chi connectivity index (χ1n) is 5.70. The van der Waals surface area contributed by atoms with E-state index in [4.69, 9.17) is 0 Å². The number of benzene rings is 1. The Morgan fingerprint density at radius 3 is 2.72 bits per heavy atom. The van der Waals surface area contributed by atoms with Crippen molar-refractivity contribution in [3.63, 3.8) is 0 Å². The summed E-state index contributed by atoms with van der Waals surface area (Å²) >= 11 is 3.34. The predicted octanol–water partition coefficient (Wildman–Crippen LogP) is 2.92. The molecule has 0 fully saturated rings. The van der Waals surface area contributed by atoms with Crippen LogP contribution in [-0.2, 0) is 20.1 Å². The van der Waals surface area contributed by atoms with Crippen molar-refractivity contribution < 1.29 is 4.39 Å². The highest BCUT2D eigenvalue weighted by Crippen LogP contribution is 2.15. The second-order valence-corrected chi connectivity index (χ2v) is 5.17. The highest BCUT2D eigenvalue weighted by atomic mass is 79.9. The van der Waals surface area contributed by atoms with Gasteiger partial charge in [0.25, 0.3) is 0 Å². The number of aromatic nitrogens is 2. The van der Waals surface area contributed by atoms with Crippen molar-refractivity contribution in [3.05, 3.63) is 51.5 Å². The van der Waals surface area contributed by atoms with Gasteiger partial charge in [-0.15, -0.1) is 0 Å². The van der Waals surface area contributed by atoms with E-state index in [1.54, 1.807) is 16.8 Å². The Hall–Kier alpha value is -1.20. The zero-order valence-corrected chi connectivity index (χ0v) is 12.0. The summed E-state index contributed by atoms with van der Waals surface area (Å²) < 4.78 is 16.2. The molecule has 0 aliphatic carbocycles. The van der Waals surface area contributed by atoms with Crippen LogP contribution in [0.25, 0.3) is 0 Å². The number of nitrogens with zero attached hydrogens (tertiary/aromatic N) is 2. The lowest BCUT2D eigenvalue weighted by atomic mass is 10.2. The molecule has 1 aromatic heterocycles. The Morgan fingerprint density at radius 1 is 1.33 bits per heavy atom. The predicted molar refractivity (Wildman–Crippen MR) is 72.6 cm³/mol. The van der Waals surface area contributed by atoms with Gasteiger partial charge < -0.3 is 5.32 Å².